The van der Waals surface area contributed by atoms with Gasteiger partial charge in [-0.1, -0.05) is 0 Å². The van der Waals surface area contributed by atoms with Crippen LogP contribution in [0.15, 0.2) is 0 Å². The van der Waals surface area contributed by atoms with Crippen molar-refractivity contribution in [1.82, 2.24) is 3.93 Å². The number of hydrogen-bond acceptors (Lipinski definition) is 2. The van der Waals surface area contributed by atoms with E-state index in [1.54, 1.807) is 0 Å². The lowest BCUT2D eigenvalue weighted by molar-refractivity contribution is 0.179. The van der Waals surface area contributed by atoms with Crippen LogP contribution in [0.3, 0.4) is 0 Å². The summed E-state index contributed by atoms with van der Waals surface area (Å²) in [5, 5.41) is 7.54. The maximum Gasteiger partial charge on any atom is 0.302 e. The molecule has 0 aromatic heterocycles. The van der Waals surface area contributed by atoms with Gasteiger partial charge in [0.2, 0.25) is 0 Å². The van der Waals surface area contributed by atoms with Crippen LogP contribution in [0.4, 0.5) is 4.79 Å². The maximum atomic E-state index is 10.2. The number of carbonyl (C=O) groups excluding carboxylic acids is 1. The van der Waals surface area contributed by atoms with Crippen molar-refractivity contribution in [3.8, 4) is 0 Å². The molecule has 0 saturated carbocycles. The second-order valence-corrected chi connectivity index (χ2v) is 3.14. The molecule has 1 unspecified atom stereocenters. The Morgan fingerprint density at radius 2 is 2.12 bits per heavy atom. The zero-order valence-corrected chi connectivity index (χ0v) is 8.27. The lowest BCUT2D eigenvalue weighted by Crippen LogP contribution is -2.21. The van der Waals surface area contributed by atoms with Gasteiger partial charge in [0.05, 0.1) is 16.1 Å². The normalized spacial score (nSPS) is 13.0. The molecular weight excluding hydrogens is 310 g/mol. The molecule has 1 atom stereocenters. The zero-order valence-electron chi connectivity index (χ0n) is 3.51. The number of aliphatic hydroxyl groups excluding tert-OH is 1. The van der Waals surface area contributed by atoms with E-state index in [4.69, 9.17) is 5.11 Å². The second-order valence-electron chi connectivity index (χ2n) is 0.875. The molecule has 0 saturated heterocycles. The van der Waals surface area contributed by atoms with Crippen LogP contribution in [0.5, 0.6) is 0 Å². The monoisotopic (exact) mass is 309 g/mol. The van der Waals surface area contributed by atoms with Gasteiger partial charge >= 0.3 is 4.82 Å². The van der Waals surface area contributed by atoms with Gasteiger partial charge in [-0.3, -0.25) is 4.79 Å². The highest BCUT2D eigenvalue weighted by Gasteiger charge is 2.11. The molecule has 1 amide bonds. The number of aliphatic hydroxyl groups is 1. The summed E-state index contributed by atoms with van der Waals surface area (Å²) < 4.78 is 0.896. The standard InChI is InChI=1S/C2H2Br3NO2/c3-1(7)6(5)2(4)8/h1,7H. The Hall–Kier alpha value is 0.870. The SMILES string of the molecule is O=C(Br)N(Br)C(O)Br. The van der Waals surface area contributed by atoms with E-state index >= 15 is 0 Å². The number of nitrogens with zero attached hydrogens (tertiary/aromatic N) is 1. The molecule has 0 aliphatic rings. The van der Waals surface area contributed by atoms with Gasteiger partial charge < -0.3 is 5.11 Å². The molecule has 0 bridgehead atoms. The smallest absolute Gasteiger partial charge is 0.302 e. The van der Waals surface area contributed by atoms with Crippen LogP contribution in [0.2, 0.25) is 0 Å². The van der Waals surface area contributed by atoms with Crippen molar-refractivity contribution < 1.29 is 9.90 Å². The quantitative estimate of drug-likeness (QED) is 0.264. The van der Waals surface area contributed by atoms with Crippen LogP contribution in [0, 0.1) is 0 Å². The van der Waals surface area contributed by atoms with Gasteiger partial charge in [0.25, 0.3) is 0 Å². The second kappa shape index (κ2) is 3.81. The summed E-state index contributed by atoms with van der Waals surface area (Å²) in [7, 11) is 0. The highest BCUT2D eigenvalue weighted by Crippen LogP contribution is 2.12. The molecule has 48 valence electrons. The molecule has 0 spiro atoms. The molecule has 0 fully saturated rings. The molecule has 0 rings (SSSR count). The lowest BCUT2D eigenvalue weighted by atomic mass is 11.1. The first-order valence-electron chi connectivity index (χ1n) is 1.52. The minimum atomic E-state index is -0.991. The fourth-order valence-electron chi connectivity index (χ4n) is 0.0838. The molecule has 1 N–H and O–H groups in total. The molecule has 0 aromatic rings. The lowest BCUT2D eigenvalue weighted by Gasteiger charge is -2.10. The molecule has 0 radical (unpaired) electrons. The summed E-state index contributed by atoms with van der Waals surface area (Å²) in [6.07, 6.45) is 0. The van der Waals surface area contributed by atoms with Gasteiger partial charge in [-0.15, -0.1) is 0 Å². The van der Waals surface area contributed by atoms with E-state index in [9.17, 15) is 4.79 Å². The first kappa shape index (κ1) is 8.87. The third-order valence-electron chi connectivity index (χ3n) is 0.355. The molecule has 0 aliphatic carbocycles. The number of rotatable bonds is 1. The molecule has 8 heavy (non-hydrogen) atoms. The number of amides is 1. The molecular formula is C2H2Br3NO2. The summed E-state index contributed by atoms with van der Waals surface area (Å²) in [4.78, 5) is 9.75. The number of alkyl halides is 1. The van der Waals surface area contributed by atoms with Gasteiger partial charge in [-0.05, 0) is 15.9 Å². The minimum absolute atomic E-state index is 0.443. The maximum absolute atomic E-state index is 10.2. The zero-order chi connectivity index (χ0) is 6.73. The Kier molecular flexibility index (Phi) is 4.23. The molecule has 0 heterocycles. The van der Waals surface area contributed by atoms with E-state index in [1.165, 1.54) is 0 Å². The fraction of sp³-hybridized carbons (Fsp3) is 0.500. The first-order valence-corrected chi connectivity index (χ1v) is 3.94. The van der Waals surface area contributed by atoms with Crippen molar-refractivity contribution >= 4 is 52.8 Å². The van der Waals surface area contributed by atoms with Crippen LogP contribution < -0.4 is 0 Å². The van der Waals surface area contributed by atoms with Crippen molar-refractivity contribution in [3.05, 3.63) is 0 Å². The van der Waals surface area contributed by atoms with Crippen molar-refractivity contribution in [2.45, 2.75) is 5.14 Å². The Morgan fingerprint density at radius 3 is 2.12 bits per heavy atom. The van der Waals surface area contributed by atoms with Gasteiger partial charge in [0, 0.05) is 15.9 Å². The average Bonchev–Trinajstić information content (AvgIpc) is 1.64. The predicted octanol–water partition coefficient (Wildman–Crippen LogP) is 1.78. The summed E-state index contributed by atoms with van der Waals surface area (Å²) in [6.45, 7) is 0. The van der Waals surface area contributed by atoms with Gasteiger partial charge in [-0.2, -0.15) is 0 Å². The molecule has 0 aliphatic heterocycles. The average molecular weight is 312 g/mol. The highest BCUT2D eigenvalue weighted by molar-refractivity contribution is 9.19. The Balaban J connectivity index is 3.64. The Labute approximate surface area is 71.6 Å². The molecule has 3 nitrogen and oxygen atoms in total. The topological polar surface area (TPSA) is 40.5 Å². The number of carbonyl (C=O) groups is 1. The fourth-order valence-corrected chi connectivity index (χ4v) is 0.738. The third kappa shape index (κ3) is 3.01. The Morgan fingerprint density at radius 1 is 1.75 bits per heavy atom. The number of halogens is 3. The van der Waals surface area contributed by atoms with Crippen molar-refractivity contribution in [2.24, 2.45) is 0 Å². The van der Waals surface area contributed by atoms with E-state index in [1.807, 2.05) is 0 Å². The first-order chi connectivity index (χ1) is 3.55. The van der Waals surface area contributed by atoms with E-state index < -0.39 is 9.95 Å². The van der Waals surface area contributed by atoms with Crippen molar-refractivity contribution in [1.29, 1.82) is 0 Å². The third-order valence-corrected chi connectivity index (χ3v) is 2.88. The van der Waals surface area contributed by atoms with E-state index in [0.717, 1.165) is 3.93 Å². The van der Waals surface area contributed by atoms with Crippen LogP contribution in [-0.2, 0) is 0 Å². The Bertz CT molecular complexity index is 95.3. The highest BCUT2D eigenvalue weighted by atomic mass is 79.9. The van der Waals surface area contributed by atoms with Crippen molar-refractivity contribution in [3.63, 3.8) is 0 Å². The minimum Gasteiger partial charge on any atom is -0.363 e. The van der Waals surface area contributed by atoms with Gasteiger partial charge in [-0.25, -0.2) is 3.93 Å². The van der Waals surface area contributed by atoms with Crippen LogP contribution >= 0.6 is 48.0 Å². The van der Waals surface area contributed by atoms with E-state index in [2.05, 4.69) is 48.0 Å². The van der Waals surface area contributed by atoms with Crippen molar-refractivity contribution in [2.75, 3.05) is 0 Å². The summed E-state index contributed by atoms with van der Waals surface area (Å²) >= 11 is 8.06. The van der Waals surface area contributed by atoms with E-state index in [0.29, 0.717) is 0 Å². The van der Waals surface area contributed by atoms with Crippen LogP contribution in [-0.4, -0.2) is 19.0 Å². The van der Waals surface area contributed by atoms with Crippen LogP contribution in [0.25, 0.3) is 0 Å². The molecule has 0 aromatic carbocycles. The molecule has 6 heteroatoms. The van der Waals surface area contributed by atoms with Crippen LogP contribution in [0.1, 0.15) is 0 Å². The predicted molar refractivity (Wildman–Crippen MR) is 40.0 cm³/mol. The summed E-state index contributed by atoms with van der Waals surface area (Å²) in [5.74, 6) is 0. The van der Waals surface area contributed by atoms with E-state index in [-0.39, 0.29) is 0 Å². The number of hydrogen-bond donors (Lipinski definition) is 1. The van der Waals surface area contributed by atoms with Gasteiger partial charge in [0.15, 0.2) is 5.14 Å². The summed E-state index contributed by atoms with van der Waals surface area (Å²) in [6, 6.07) is 0. The summed E-state index contributed by atoms with van der Waals surface area (Å²) in [5.41, 5.74) is 0. The van der Waals surface area contributed by atoms with Gasteiger partial charge in [0.1, 0.15) is 0 Å². The largest absolute Gasteiger partial charge is 0.363 e.